The van der Waals surface area contributed by atoms with Gasteiger partial charge in [-0.1, -0.05) is 33.1 Å². The fourth-order valence-corrected chi connectivity index (χ4v) is 4.35. The summed E-state index contributed by atoms with van der Waals surface area (Å²) in [5, 5.41) is 5.78. The minimum Gasteiger partial charge on any atom is -0.358 e. The standard InChI is InChI=1S/C25H32FN3O2/c1-5-8-17(6-2)9-7-12-27-25(31)23-15(3)22(28-16(23)4)14-20-19-13-18(26)10-11-21(19)29-24(20)30/h10-11,13-14,17,28H,5-9,12H2,1-4H3,(H,27,31)(H,29,30). The molecule has 2 heterocycles. The van der Waals surface area contributed by atoms with Crippen molar-refractivity contribution in [1.29, 1.82) is 0 Å². The van der Waals surface area contributed by atoms with Gasteiger partial charge >= 0.3 is 0 Å². The third-order valence-corrected chi connectivity index (χ3v) is 6.11. The van der Waals surface area contributed by atoms with Crippen molar-refractivity contribution in [2.45, 2.75) is 59.8 Å². The molecule has 1 atom stereocenters. The fraction of sp³-hybridized carbons (Fsp3) is 0.440. The van der Waals surface area contributed by atoms with Crippen molar-refractivity contribution >= 4 is 29.2 Å². The maximum Gasteiger partial charge on any atom is 0.256 e. The zero-order valence-corrected chi connectivity index (χ0v) is 18.8. The first-order chi connectivity index (χ1) is 14.8. The fourth-order valence-electron chi connectivity index (χ4n) is 4.35. The molecule has 0 aliphatic carbocycles. The molecule has 3 rings (SSSR count). The number of fused-ring (bicyclic) bond motifs is 1. The van der Waals surface area contributed by atoms with Crippen molar-refractivity contribution in [3.8, 4) is 0 Å². The van der Waals surface area contributed by atoms with Gasteiger partial charge in [0.05, 0.1) is 11.1 Å². The van der Waals surface area contributed by atoms with Crippen molar-refractivity contribution in [1.82, 2.24) is 10.3 Å². The van der Waals surface area contributed by atoms with Gasteiger partial charge in [-0.05, 0) is 62.4 Å². The maximum atomic E-state index is 13.7. The molecule has 3 N–H and O–H groups in total. The summed E-state index contributed by atoms with van der Waals surface area (Å²) in [7, 11) is 0. The number of rotatable bonds is 9. The molecule has 0 spiro atoms. The molecular weight excluding hydrogens is 393 g/mol. The topological polar surface area (TPSA) is 74.0 Å². The zero-order valence-electron chi connectivity index (χ0n) is 18.8. The van der Waals surface area contributed by atoms with Gasteiger partial charge < -0.3 is 15.6 Å². The number of carbonyl (C=O) groups excluding carboxylic acids is 2. The first-order valence-corrected chi connectivity index (χ1v) is 11.2. The first kappa shape index (κ1) is 22.8. The Balaban J connectivity index is 1.73. The summed E-state index contributed by atoms with van der Waals surface area (Å²) in [6.45, 7) is 8.78. The Kier molecular flexibility index (Phi) is 7.31. The smallest absolute Gasteiger partial charge is 0.256 e. The van der Waals surface area contributed by atoms with Crippen molar-refractivity contribution in [2.75, 3.05) is 11.9 Å². The quantitative estimate of drug-likeness (QED) is 0.361. The van der Waals surface area contributed by atoms with Crippen molar-refractivity contribution in [3.05, 3.63) is 52.1 Å². The van der Waals surface area contributed by atoms with Gasteiger partial charge in [0, 0.05) is 29.2 Å². The second-order valence-electron chi connectivity index (χ2n) is 8.33. The largest absolute Gasteiger partial charge is 0.358 e. The summed E-state index contributed by atoms with van der Waals surface area (Å²) >= 11 is 0. The second kappa shape index (κ2) is 9.94. The van der Waals surface area contributed by atoms with Crippen LogP contribution in [-0.2, 0) is 4.79 Å². The highest BCUT2D eigenvalue weighted by Gasteiger charge is 2.26. The van der Waals surface area contributed by atoms with Gasteiger partial charge in [0.15, 0.2) is 0 Å². The summed E-state index contributed by atoms with van der Waals surface area (Å²) in [5.74, 6) is -0.0662. The van der Waals surface area contributed by atoms with Crippen LogP contribution < -0.4 is 10.6 Å². The first-order valence-electron chi connectivity index (χ1n) is 11.2. The lowest BCUT2D eigenvalue weighted by Gasteiger charge is -2.13. The monoisotopic (exact) mass is 425 g/mol. The van der Waals surface area contributed by atoms with Gasteiger partial charge in [0.1, 0.15) is 5.82 Å². The number of nitrogens with one attached hydrogen (secondary N) is 3. The Morgan fingerprint density at radius 1 is 1.23 bits per heavy atom. The predicted octanol–water partition coefficient (Wildman–Crippen LogP) is 5.60. The number of hydrogen-bond donors (Lipinski definition) is 3. The van der Waals surface area contributed by atoms with E-state index >= 15 is 0 Å². The van der Waals surface area contributed by atoms with Crippen LogP contribution in [-0.4, -0.2) is 23.3 Å². The molecule has 2 amide bonds. The van der Waals surface area contributed by atoms with Gasteiger partial charge in [-0.15, -0.1) is 0 Å². The van der Waals surface area contributed by atoms with E-state index in [0.717, 1.165) is 30.0 Å². The zero-order chi connectivity index (χ0) is 22.5. The summed E-state index contributed by atoms with van der Waals surface area (Å²) in [5.41, 5.74) is 4.30. The average molecular weight is 426 g/mol. The van der Waals surface area contributed by atoms with Gasteiger partial charge in [-0.3, -0.25) is 9.59 Å². The van der Waals surface area contributed by atoms with E-state index in [1.807, 2.05) is 13.8 Å². The Labute approximate surface area is 183 Å². The van der Waals surface area contributed by atoms with Gasteiger partial charge in [0.25, 0.3) is 11.8 Å². The molecule has 0 bridgehead atoms. The SMILES string of the molecule is CCCC(CC)CCCNC(=O)c1c(C)[nH]c(C=C2C(=O)Nc3ccc(F)cc32)c1C. The van der Waals surface area contributed by atoms with Crippen LogP contribution in [0.5, 0.6) is 0 Å². The highest BCUT2D eigenvalue weighted by atomic mass is 19.1. The number of anilines is 1. The second-order valence-corrected chi connectivity index (χ2v) is 8.33. The van der Waals surface area contributed by atoms with E-state index in [0.29, 0.717) is 34.6 Å². The summed E-state index contributed by atoms with van der Waals surface area (Å²) < 4.78 is 13.7. The van der Waals surface area contributed by atoms with E-state index in [-0.39, 0.29) is 11.8 Å². The van der Waals surface area contributed by atoms with Crippen LogP contribution in [0, 0.1) is 25.6 Å². The molecule has 6 heteroatoms. The van der Waals surface area contributed by atoms with E-state index in [1.165, 1.54) is 31.4 Å². The number of carbonyl (C=O) groups is 2. The summed E-state index contributed by atoms with van der Waals surface area (Å²) in [4.78, 5) is 28.4. The van der Waals surface area contributed by atoms with E-state index in [9.17, 15) is 14.0 Å². The lowest BCUT2D eigenvalue weighted by atomic mass is 9.95. The van der Waals surface area contributed by atoms with Crippen LogP contribution in [0.4, 0.5) is 10.1 Å². The molecule has 0 radical (unpaired) electrons. The number of aromatic amines is 1. The Hall–Kier alpha value is -2.89. The molecule has 1 aliphatic rings. The van der Waals surface area contributed by atoms with Crippen LogP contribution in [0.1, 0.15) is 78.8 Å². The molecule has 0 saturated heterocycles. The minimum atomic E-state index is -0.398. The van der Waals surface area contributed by atoms with Crippen LogP contribution in [0.3, 0.4) is 0 Å². The average Bonchev–Trinajstić information content (AvgIpc) is 3.19. The third-order valence-electron chi connectivity index (χ3n) is 6.11. The molecule has 1 aliphatic heterocycles. The third kappa shape index (κ3) is 5.06. The lowest BCUT2D eigenvalue weighted by Crippen LogP contribution is -2.25. The van der Waals surface area contributed by atoms with Crippen LogP contribution in [0.25, 0.3) is 11.6 Å². The molecule has 1 aromatic heterocycles. The molecule has 31 heavy (non-hydrogen) atoms. The van der Waals surface area contributed by atoms with Crippen LogP contribution in [0.15, 0.2) is 18.2 Å². The Bertz CT molecular complexity index is 1010. The number of hydrogen-bond acceptors (Lipinski definition) is 2. The van der Waals surface area contributed by atoms with Crippen molar-refractivity contribution in [2.24, 2.45) is 5.92 Å². The maximum absolute atomic E-state index is 13.7. The Morgan fingerprint density at radius 3 is 2.71 bits per heavy atom. The molecule has 2 aromatic rings. The lowest BCUT2D eigenvalue weighted by molar-refractivity contribution is -0.110. The number of benzene rings is 1. The van der Waals surface area contributed by atoms with Crippen LogP contribution >= 0.6 is 0 Å². The molecule has 0 fully saturated rings. The number of halogens is 1. The Morgan fingerprint density at radius 2 is 2.00 bits per heavy atom. The molecule has 1 aromatic carbocycles. The number of H-pyrrole nitrogens is 1. The van der Waals surface area contributed by atoms with Crippen molar-refractivity contribution < 1.29 is 14.0 Å². The summed E-state index contributed by atoms with van der Waals surface area (Å²) in [6.07, 6.45) is 7.39. The van der Waals surface area contributed by atoms with E-state index in [1.54, 1.807) is 12.1 Å². The number of aromatic nitrogens is 1. The van der Waals surface area contributed by atoms with Gasteiger partial charge in [0.2, 0.25) is 0 Å². The molecule has 0 saturated carbocycles. The molecule has 166 valence electrons. The normalized spacial score (nSPS) is 15.1. The molecule has 5 nitrogen and oxygen atoms in total. The van der Waals surface area contributed by atoms with Crippen molar-refractivity contribution in [3.63, 3.8) is 0 Å². The molecule has 1 unspecified atom stereocenters. The van der Waals surface area contributed by atoms with Crippen LogP contribution in [0.2, 0.25) is 0 Å². The van der Waals surface area contributed by atoms with E-state index in [4.69, 9.17) is 0 Å². The highest BCUT2D eigenvalue weighted by Crippen LogP contribution is 2.34. The minimum absolute atomic E-state index is 0.109. The number of amides is 2. The molecular formula is C25H32FN3O2. The predicted molar refractivity (Wildman–Crippen MR) is 123 cm³/mol. The van der Waals surface area contributed by atoms with E-state index in [2.05, 4.69) is 29.5 Å². The van der Waals surface area contributed by atoms with Gasteiger partial charge in [-0.25, -0.2) is 4.39 Å². The van der Waals surface area contributed by atoms with E-state index < -0.39 is 5.82 Å². The highest BCUT2D eigenvalue weighted by molar-refractivity contribution is 6.34. The van der Waals surface area contributed by atoms with Gasteiger partial charge in [-0.2, -0.15) is 0 Å². The summed E-state index contributed by atoms with van der Waals surface area (Å²) in [6, 6.07) is 4.22. The number of aryl methyl sites for hydroxylation is 1.